The molecule has 1 saturated heterocycles. The second kappa shape index (κ2) is 4.51. The lowest BCUT2D eigenvalue weighted by atomic mass is 10.1. The fourth-order valence-electron chi connectivity index (χ4n) is 1.66. The summed E-state index contributed by atoms with van der Waals surface area (Å²) in [5, 5.41) is 11.7. The summed E-state index contributed by atoms with van der Waals surface area (Å²) in [5.74, 6) is 0. The van der Waals surface area contributed by atoms with Crippen molar-refractivity contribution in [1.29, 1.82) is 0 Å². The zero-order valence-electron chi connectivity index (χ0n) is 10.2. The van der Waals surface area contributed by atoms with Crippen LogP contribution in [0.5, 0.6) is 0 Å². The number of rotatable bonds is 3. The van der Waals surface area contributed by atoms with Crippen LogP contribution in [0.2, 0.25) is 0 Å². The van der Waals surface area contributed by atoms with E-state index in [1.807, 2.05) is 10.9 Å². The van der Waals surface area contributed by atoms with Crippen molar-refractivity contribution < 1.29 is 4.74 Å². The van der Waals surface area contributed by atoms with Gasteiger partial charge < -0.3 is 10.1 Å². The summed E-state index contributed by atoms with van der Waals surface area (Å²) >= 11 is 0. The van der Waals surface area contributed by atoms with Crippen LogP contribution in [0.25, 0.3) is 0 Å². The van der Waals surface area contributed by atoms with E-state index >= 15 is 0 Å². The maximum atomic E-state index is 5.33. The molecule has 90 valence electrons. The Balaban J connectivity index is 1.91. The van der Waals surface area contributed by atoms with E-state index in [9.17, 15) is 0 Å². The first-order valence-electron chi connectivity index (χ1n) is 5.78. The predicted octanol–water partition coefficient (Wildman–Crippen LogP) is 1.13. The van der Waals surface area contributed by atoms with E-state index in [0.29, 0.717) is 6.04 Å². The number of ether oxygens (including phenoxy) is 1. The van der Waals surface area contributed by atoms with Gasteiger partial charge in [-0.25, -0.2) is 4.68 Å². The molecule has 0 amide bonds. The van der Waals surface area contributed by atoms with E-state index in [-0.39, 0.29) is 5.54 Å². The highest BCUT2D eigenvalue weighted by Crippen LogP contribution is 2.17. The average molecular weight is 224 g/mol. The molecule has 2 rings (SSSR count). The van der Waals surface area contributed by atoms with E-state index < -0.39 is 0 Å². The lowest BCUT2D eigenvalue weighted by molar-refractivity contribution is 0.184. The monoisotopic (exact) mass is 224 g/mol. The number of hydrogen-bond acceptors (Lipinski definition) is 4. The summed E-state index contributed by atoms with van der Waals surface area (Å²) < 4.78 is 7.25. The van der Waals surface area contributed by atoms with Gasteiger partial charge in [-0.3, -0.25) is 0 Å². The average Bonchev–Trinajstić information content (AvgIpc) is 2.84. The first-order chi connectivity index (χ1) is 7.54. The van der Waals surface area contributed by atoms with Crippen molar-refractivity contribution in [2.75, 3.05) is 13.2 Å². The van der Waals surface area contributed by atoms with Crippen LogP contribution in [0, 0.1) is 0 Å². The summed E-state index contributed by atoms with van der Waals surface area (Å²) in [6.07, 6.45) is 3.05. The lowest BCUT2D eigenvalue weighted by Gasteiger charge is -2.19. The minimum Gasteiger partial charge on any atom is -0.379 e. The van der Waals surface area contributed by atoms with Gasteiger partial charge in [-0.05, 0) is 27.2 Å². The molecule has 5 heteroatoms. The molecule has 0 aliphatic carbocycles. The number of hydrogen-bond donors (Lipinski definition) is 1. The van der Waals surface area contributed by atoms with Gasteiger partial charge in [0.1, 0.15) is 0 Å². The molecule has 2 heterocycles. The molecule has 0 aromatic carbocycles. The third kappa shape index (κ3) is 3.02. The largest absolute Gasteiger partial charge is 0.379 e. The van der Waals surface area contributed by atoms with E-state index in [1.165, 1.54) is 0 Å². The van der Waals surface area contributed by atoms with Crippen molar-refractivity contribution in [2.45, 2.75) is 45.3 Å². The fraction of sp³-hybridized carbons (Fsp3) is 0.818. The summed E-state index contributed by atoms with van der Waals surface area (Å²) in [5.41, 5.74) is 1.10. The molecule has 1 aliphatic heterocycles. The van der Waals surface area contributed by atoms with Crippen LogP contribution in [0.15, 0.2) is 6.20 Å². The van der Waals surface area contributed by atoms with Crippen molar-refractivity contribution in [1.82, 2.24) is 20.3 Å². The number of nitrogens with one attached hydrogen (secondary N) is 1. The van der Waals surface area contributed by atoms with Crippen LogP contribution in [-0.2, 0) is 11.3 Å². The second-order valence-electron chi connectivity index (χ2n) is 5.31. The molecule has 1 fully saturated rings. The number of nitrogens with zero attached hydrogens (tertiary/aromatic N) is 3. The van der Waals surface area contributed by atoms with Crippen LogP contribution in [-0.4, -0.2) is 33.7 Å². The highest BCUT2D eigenvalue weighted by molar-refractivity contribution is 4.94. The number of aromatic nitrogens is 3. The molecule has 0 saturated carbocycles. The molecule has 0 bridgehead atoms. The summed E-state index contributed by atoms with van der Waals surface area (Å²) in [7, 11) is 0. The van der Waals surface area contributed by atoms with Crippen LogP contribution >= 0.6 is 0 Å². The van der Waals surface area contributed by atoms with Crippen LogP contribution in [0.3, 0.4) is 0 Å². The van der Waals surface area contributed by atoms with Gasteiger partial charge in [-0.15, -0.1) is 5.10 Å². The molecule has 0 radical (unpaired) electrons. The first kappa shape index (κ1) is 11.5. The van der Waals surface area contributed by atoms with Gasteiger partial charge in [0.05, 0.1) is 24.5 Å². The predicted molar refractivity (Wildman–Crippen MR) is 61.1 cm³/mol. The van der Waals surface area contributed by atoms with Gasteiger partial charge in [0.15, 0.2) is 0 Å². The summed E-state index contributed by atoms with van der Waals surface area (Å²) in [4.78, 5) is 0. The molecule has 1 aliphatic rings. The zero-order chi connectivity index (χ0) is 11.6. The maximum Gasteiger partial charge on any atom is 0.0965 e. The molecule has 16 heavy (non-hydrogen) atoms. The van der Waals surface area contributed by atoms with Crippen molar-refractivity contribution in [2.24, 2.45) is 0 Å². The first-order valence-corrected chi connectivity index (χ1v) is 5.78. The fourth-order valence-corrected chi connectivity index (χ4v) is 1.66. The van der Waals surface area contributed by atoms with E-state index in [4.69, 9.17) is 4.74 Å². The van der Waals surface area contributed by atoms with Gasteiger partial charge in [-0.1, -0.05) is 5.21 Å². The van der Waals surface area contributed by atoms with Gasteiger partial charge >= 0.3 is 0 Å². The third-order valence-corrected chi connectivity index (χ3v) is 2.64. The van der Waals surface area contributed by atoms with Crippen molar-refractivity contribution in [3.63, 3.8) is 0 Å². The minimum absolute atomic E-state index is 0.111. The van der Waals surface area contributed by atoms with Gasteiger partial charge in [0.25, 0.3) is 0 Å². The normalized spacial score (nSPS) is 21.6. The lowest BCUT2D eigenvalue weighted by Crippen LogP contribution is -2.35. The SMILES string of the molecule is CC(C)(C)NCc1cn(C2CCOC2)nn1. The molecule has 1 N–H and O–H groups in total. The van der Waals surface area contributed by atoms with Crippen LogP contribution in [0.1, 0.15) is 38.9 Å². The minimum atomic E-state index is 0.111. The van der Waals surface area contributed by atoms with Gasteiger partial charge in [0, 0.05) is 18.7 Å². The van der Waals surface area contributed by atoms with Crippen LogP contribution < -0.4 is 5.32 Å². The quantitative estimate of drug-likeness (QED) is 0.836. The Kier molecular flexibility index (Phi) is 3.25. The van der Waals surface area contributed by atoms with E-state index in [1.54, 1.807) is 0 Å². The van der Waals surface area contributed by atoms with E-state index in [2.05, 4.69) is 36.4 Å². The third-order valence-electron chi connectivity index (χ3n) is 2.64. The molecule has 1 aromatic heterocycles. The molecule has 0 spiro atoms. The molecule has 1 aromatic rings. The zero-order valence-corrected chi connectivity index (χ0v) is 10.2. The standard InChI is InChI=1S/C11H20N4O/c1-11(2,3)12-6-9-7-15(14-13-9)10-4-5-16-8-10/h7,10,12H,4-6,8H2,1-3H3. The Morgan fingerprint density at radius 3 is 3.00 bits per heavy atom. The Hall–Kier alpha value is -0.940. The second-order valence-corrected chi connectivity index (χ2v) is 5.31. The Morgan fingerprint density at radius 1 is 1.56 bits per heavy atom. The molecule has 1 atom stereocenters. The Morgan fingerprint density at radius 2 is 2.38 bits per heavy atom. The topological polar surface area (TPSA) is 52.0 Å². The van der Waals surface area contributed by atoms with Crippen LogP contribution in [0.4, 0.5) is 0 Å². The van der Waals surface area contributed by atoms with Crippen molar-refractivity contribution in [3.05, 3.63) is 11.9 Å². The van der Waals surface area contributed by atoms with Gasteiger partial charge in [-0.2, -0.15) is 0 Å². The summed E-state index contributed by atoms with van der Waals surface area (Å²) in [6, 6.07) is 0.371. The van der Waals surface area contributed by atoms with Crippen molar-refractivity contribution >= 4 is 0 Å². The maximum absolute atomic E-state index is 5.33. The summed E-state index contributed by atoms with van der Waals surface area (Å²) in [6.45, 7) is 8.78. The highest BCUT2D eigenvalue weighted by atomic mass is 16.5. The Labute approximate surface area is 96.2 Å². The molecular weight excluding hydrogens is 204 g/mol. The Bertz CT molecular complexity index is 336. The molecule has 1 unspecified atom stereocenters. The molecular formula is C11H20N4O. The van der Waals surface area contributed by atoms with Crippen molar-refractivity contribution in [3.8, 4) is 0 Å². The highest BCUT2D eigenvalue weighted by Gasteiger charge is 2.19. The molecule has 5 nitrogen and oxygen atoms in total. The smallest absolute Gasteiger partial charge is 0.0965 e. The van der Waals surface area contributed by atoms with E-state index in [0.717, 1.165) is 31.9 Å². The van der Waals surface area contributed by atoms with Gasteiger partial charge in [0.2, 0.25) is 0 Å².